The summed E-state index contributed by atoms with van der Waals surface area (Å²) in [5.74, 6) is -0.474. The number of rotatable bonds is 5. The Morgan fingerprint density at radius 1 is 1.08 bits per heavy atom. The molecule has 5 nitrogen and oxygen atoms in total. The highest BCUT2D eigenvalue weighted by Crippen LogP contribution is 2.24. The third kappa shape index (κ3) is 4.63. The number of benzene rings is 2. The van der Waals surface area contributed by atoms with Crippen LogP contribution in [0, 0.1) is 0 Å². The van der Waals surface area contributed by atoms with Gasteiger partial charge in [-0.1, -0.05) is 29.3 Å². The van der Waals surface area contributed by atoms with Crippen molar-refractivity contribution in [3.05, 3.63) is 58.6 Å². The fourth-order valence-corrected chi connectivity index (χ4v) is 3.70. The quantitative estimate of drug-likeness (QED) is 0.849. The van der Waals surface area contributed by atoms with Crippen molar-refractivity contribution in [2.45, 2.75) is 13.0 Å². The van der Waals surface area contributed by atoms with Crippen LogP contribution in [0.25, 0.3) is 0 Å². The van der Waals surface area contributed by atoms with E-state index in [1.54, 1.807) is 48.5 Å². The number of hydrogen-bond donors (Lipinski definition) is 1. The second-order valence-corrected chi connectivity index (χ2v) is 7.94. The van der Waals surface area contributed by atoms with Crippen molar-refractivity contribution in [3.63, 3.8) is 0 Å². The standard InChI is InChI=1S/C16H16Cl2N2O3S/c1-11(16(21)19-14-5-3-4-13(18)10-14)20(24(2,22)23)15-8-6-12(17)7-9-15/h3-11H,1-2H3,(H,19,21)/t11-/m0/s1. The van der Waals surface area contributed by atoms with Crippen LogP contribution in [0.2, 0.25) is 10.0 Å². The van der Waals surface area contributed by atoms with E-state index in [1.165, 1.54) is 6.92 Å². The van der Waals surface area contributed by atoms with Crippen molar-refractivity contribution in [1.82, 2.24) is 0 Å². The van der Waals surface area contributed by atoms with Crippen LogP contribution in [-0.2, 0) is 14.8 Å². The molecule has 1 amide bonds. The number of sulfonamides is 1. The van der Waals surface area contributed by atoms with E-state index in [4.69, 9.17) is 23.2 Å². The zero-order valence-electron chi connectivity index (χ0n) is 13.0. The van der Waals surface area contributed by atoms with Gasteiger partial charge in [-0.05, 0) is 49.4 Å². The Morgan fingerprint density at radius 2 is 1.71 bits per heavy atom. The monoisotopic (exact) mass is 386 g/mol. The molecule has 2 aromatic carbocycles. The summed E-state index contributed by atoms with van der Waals surface area (Å²) in [6.45, 7) is 1.51. The summed E-state index contributed by atoms with van der Waals surface area (Å²) in [6, 6.07) is 11.9. The molecule has 0 aliphatic rings. The molecule has 1 N–H and O–H groups in total. The molecule has 0 spiro atoms. The minimum atomic E-state index is -3.67. The van der Waals surface area contributed by atoms with E-state index < -0.39 is 22.0 Å². The summed E-state index contributed by atoms with van der Waals surface area (Å²) < 4.78 is 25.4. The molecule has 1 atom stereocenters. The predicted molar refractivity (Wildman–Crippen MR) is 98.3 cm³/mol. The highest BCUT2D eigenvalue weighted by atomic mass is 35.5. The minimum absolute atomic E-state index is 0.357. The first kappa shape index (κ1) is 18.6. The molecule has 0 fully saturated rings. The Hall–Kier alpha value is -1.76. The highest BCUT2D eigenvalue weighted by Gasteiger charge is 2.29. The van der Waals surface area contributed by atoms with Crippen LogP contribution in [0.5, 0.6) is 0 Å². The lowest BCUT2D eigenvalue weighted by Gasteiger charge is -2.28. The van der Waals surface area contributed by atoms with E-state index in [0.29, 0.717) is 21.4 Å². The molecule has 0 aliphatic carbocycles. The van der Waals surface area contributed by atoms with E-state index in [1.807, 2.05) is 0 Å². The number of carbonyl (C=O) groups is 1. The van der Waals surface area contributed by atoms with Crippen LogP contribution in [-0.4, -0.2) is 26.6 Å². The zero-order valence-corrected chi connectivity index (χ0v) is 15.4. The summed E-state index contributed by atoms with van der Waals surface area (Å²) >= 11 is 11.7. The largest absolute Gasteiger partial charge is 0.324 e. The Morgan fingerprint density at radius 3 is 2.25 bits per heavy atom. The van der Waals surface area contributed by atoms with Gasteiger partial charge in [0.05, 0.1) is 11.9 Å². The van der Waals surface area contributed by atoms with Gasteiger partial charge in [-0.25, -0.2) is 8.42 Å². The van der Waals surface area contributed by atoms with Crippen molar-refractivity contribution in [3.8, 4) is 0 Å². The van der Waals surface area contributed by atoms with Gasteiger partial charge in [0.15, 0.2) is 0 Å². The van der Waals surface area contributed by atoms with E-state index >= 15 is 0 Å². The van der Waals surface area contributed by atoms with Gasteiger partial charge >= 0.3 is 0 Å². The van der Waals surface area contributed by atoms with Crippen LogP contribution in [0.4, 0.5) is 11.4 Å². The lowest BCUT2D eigenvalue weighted by atomic mass is 10.2. The number of amides is 1. The number of nitrogens with one attached hydrogen (secondary N) is 1. The maximum Gasteiger partial charge on any atom is 0.247 e. The molecular weight excluding hydrogens is 371 g/mol. The van der Waals surface area contributed by atoms with Crippen molar-refractivity contribution >= 4 is 50.5 Å². The number of nitrogens with zero attached hydrogens (tertiary/aromatic N) is 1. The molecule has 0 bridgehead atoms. The Kier molecular flexibility index (Phi) is 5.74. The fourth-order valence-electron chi connectivity index (χ4n) is 2.21. The lowest BCUT2D eigenvalue weighted by Crippen LogP contribution is -2.45. The summed E-state index contributed by atoms with van der Waals surface area (Å²) in [5, 5.41) is 3.61. The third-order valence-corrected chi connectivity index (χ3v) is 4.99. The second kappa shape index (κ2) is 7.42. The molecule has 0 saturated heterocycles. The molecule has 2 aromatic rings. The molecule has 0 radical (unpaired) electrons. The van der Waals surface area contributed by atoms with Crippen LogP contribution >= 0.6 is 23.2 Å². The summed E-state index contributed by atoms with van der Waals surface area (Å²) in [5.41, 5.74) is 0.847. The van der Waals surface area contributed by atoms with E-state index in [-0.39, 0.29) is 0 Å². The van der Waals surface area contributed by atoms with Gasteiger partial charge in [-0.2, -0.15) is 0 Å². The van der Waals surface area contributed by atoms with Gasteiger partial charge in [-0.3, -0.25) is 9.10 Å². The fraction of sp³-hybridized carbons (Fsp3) is 0.188. The van der Waals surface area contributed by atoms with Gasteiger partial charge in [0, 0.05) is 15.7 Å². The molecule has 0 unspecified atom stereocenters. The Bertz CT molecular complexity index is 839. The van der Waals surface area contributed by atoms with Gasteiger partial charge < -0.3 is 5.32 Å². The first-order chi connectivity index (χ1) is 11.2. The maximum absolute atomic E-state index is 12.5. The molecular formula is C16H16Cl2N2O3S. The van der Waals surface area contributed by atoms with Crippen molar-refractivity contribution in [1.29, 1.82) is 0 Å². The van der Waals surface area contributed by atoms with E-state index in [0.717, 1.165) is 10.6 Å². The molecule has 2 rings (SSSR count). The van der Waals surface area contributed by atoms with Crippen molar-refractivity contribution < 1.29 is 13.2 Å². The Balaban J connectivity index is 2.29. The van der Waals surface area contributed by atoms with Crippen LogP contribution < -0.4 is 9.62 Å². The molecule has 0 saturated carbocycles. The first-order valence-electron chi connectivity index (χ1n) is 7.00. The molecule has 0 aromatic heterocycles. The van der Waals surface area contributed by atoms with Gasteiger partial charge in [0.1, 0.15) is 6.04 Å². The SMILES string of the molecule is C[C@@H](C(=O)Nc1cccc(Cl)c1)N(c1ccc(Cl)cc1)S(C)(=O)=O. The normalized spacial score (nSPS) is 12.5. The van der Waals surface area contributed by atoms with Gasteiger partial charge in [0.2, 0.25) is 15.9 Å². The zero-order chi connectivity index (χ0) is 17.9. The molecule has 0 heterocycles. The molecule has 0 aliphatic heterocycles. The number of anilines is 2. The predicted octanol–water partition coefficient (Wildman–Crippen LogP) is 3.79. The van der Waals surface area contributed by atoms with Crippen LogP contribution in [0.3, 0.4) is 0 Å². The molecule has 24 heavy (non-hydrogen) atoms. The number of carbonyl (C=O) groups excluding carboxylic acids is 1. The highest BCUT2D eigenvalue weighted by molar-refractivity contribution is 7.92. The lowest BCUT2D eigenvalue weighted by molar-refractivity contribution is -0.116. The number of hydrogen-bond acceptors (Lipinski definition) is 3. The minimum Gasteiger partial charge on any atom is -0.324 e. The molecule has 8 heteroatoms. The summed E-state index contributed by atoms with van der Waals surface area (Å²) in [6.07, 6.45) is 1.05. The first-order valence-corrected chi connectivity index (χ1v) is 9.60. The van der Waals surface area contributed by atoms with Gasteiger partial charge in [0.25, 0.3) is 0 Å². The third-order valence-electron chi connectivity index (χ3n) is 3.26. The smallest absolute Gasteiger partial charge is 0.247 e. The average Bonchev–Trinajstić information content (AvgIpc) is 2.48. The Labute approximate surface area is 151 Å². The topological polar surface area (TPSA) is 66.5 Å². The molecule has 128 valence electrons. The number of halogens is 2. The van der Waals surface area contributed by atoms with Gasteiger partial charge in [-0.15, -0.1) is 0 Å². The summed E-state index contributed by atoms with van der Waals surface area (Å²) in [4.78, 5) is 12.5. The van der Waals surface area contributed by atoms with E-state index in [2.05, 4.69) is 5.32 Å². The summed E-state index contributed by atoms with van der Waals surface area (Å²) in [7, 11) is -3.67. The average molecular weight is 387 g/mol. The second-order valence-electron chi connectivity index (χ2n) is 5.21. The maximum atomic E-state index is 12.5. The van der Waals surface area contributed by atoms with E-state index in [9.17, 15) is 13.2 Å². The van der Waals surface area contributed by atoms with Crippen LogP contribution in [0.1, 0.15) is 6.92 Å². The van der Waals surface area contributed by atoms with Crippen LogP contribution in [0.15, 0.2) is 48.5 Å². The van der Waals surface area contributed by atoms with Crippen molar-refractivity contribution in [2.75, 3.05) is 15.9 Å². The van der Waals surface area contributed by atoms with Crippen molar-refractivity contribution in [2.24, 2.45) is 0 Å².